The fraction of sp³-hybridized carbons (Fsp3) is 0.318. The molecule has 0 heterocycles. The van der Waals surface area contributed by atoms with Crippen LogP contribution in [0.2, 0.25) is 0 Å². The molecule has 3 rings (SSSR count). The highest BCUT2D eigenvalue weighted by molar-refractivity contribution is 5.98. The van der Waals surface area contributed by atoms with Gasteiger partial charge in [0.15, 0.2) is 0 Å². The van der Waals surface area contributed by atoms with Gasteiger partial charge in [0, 0.05) is 30.3 Å². The molecule has 0 aromatic heterocycles. The molecule has 1 saturated carbocycles. The van der Waals surface area contributed by atoms with E-state index in [-0.39, 0.29) is 17.7 Å². The second-order valence-corrected chi connectivity index (χ2v) is 6.88. The van der Waals surface area contributed by atoms with Crippen molar-refractivity contribution in [1.82, 2.24) is 4.90 Å². The predicted octanol–water partition coefficient (Wildman–Crippen LogP) is 3.96. The molecule has 1 aliphatic carbocycles. The molecular formula is C22H23N3O2. The van der Waals surface area contributed by atoms with Crippen LogP contribution in [0.3, 0.4) is 0 Å². The normalized spacial score (nSPS) is 12.9. The molecule has 0 spiro atoms. The van der Waals surface area contributed by atoms with Gasteiger partial charge in [-0.2, -0.15) is 5.26 Å². The van der Waals surface area contributed by atoms with E-state index in [0.29, 0.717) is 29.9 Å². The zero-order valence-electron chi connectivity index (χ0n) is 15.4. The average molecular weight is 361 g/mol. The first-order valence-electron chi connectivity index (χ1n) is 9.30. The van der Waals surface area contributed by atoms with E-state index in [1.807, 2.05) is 25.1 Å². The van der Waals surface area contributed by atoms with Gasteiger partial charge in [-0.3, -0.25) is 9.59 Å². The predicted molar refractivity (Wildman–Crippen MR) is 104 cm³/mol. The van der Waals surface area contributed by atoms with Gasteiger partial charge in [-0.15, -0.1) is 0 Å². The molecule has 1 fully saturated rings. The van der Waals surface area contributed by atoms with Crippen molar-refractivity contribution in [2.75, 3.05) is 11.9 Å². The Morgan fingerprint density at radius 3 is 2.56 bits per heavy atom. The van der Waals surface area contributed by atoms with Gasteiger partial charge in [0.05, 0.1) is 11.6 Å². The quantitative estimate of drug-likeness (QED) is 0.811. The summed E-state index contributed by atoms with van der Waals surface area (Å²) < 4.78 is 0. The van der Waals surface area contributed by atoms with Crippen LogP contribution in [0.15, 0.2) is 48.5 Å². The smallest absolute Gasteiger partial charge is 0.254 e. The van der Waals surface area contributed by atoms with Crippen molar-refractivity contribution in [2.24, 2.45) is 5.92 Å². The van der Waals surface area contributed by atoms with Crippen LogP contribution in [0, 0.1) is 17.2 Å². The molecule has 5 nitrogen and oxygen atoms in total. The van der Waals surface area contributed by atoms with Crippen LogP contribution >= 0.6 is 0 Å². The fourth-order valence-electron chi connectivity index (χ4n) is 2.93. The SMILES string of the molecule is CCCN(Cc1ccc(C#N)cc1)C(=O)c1cccc(NC(=O)C2CC2)c1. The second-order valence-electron chi connectivity index (χ2n) is 6.88. The summed E-state index contributed by atoms with van der Waals surface area (Å²) in [6.07, 6.45) is 2.73. The third-order valence-electron chi connectivity index (χ3n) is 4.56. The Morgan fingerprint density at radius 1 is 1.19 bits per heavy atom. The molecular weight excluding hydrogens is 338 g/mol. The van der Waals surface area contributed by atoms with Gasteiger partial charge in [0.2, 0.25) is 5.91 Å². The summed E-state index contributed by atoms with van der Waals surface area (Å²) in [5.74, 6) is 0.0867. The van der Waals surface area contributed by atoms with Crippen LogP contribution in [-0.2, 0) is 11.3 Å². The second kappa shape index (κ2) is 8.50. The largest absolute Gasteiger partial charge is 0.334 e. The van der Waals surface area contributed by atoms with Crippen LogP contribution in [-0.4, -0.2) is 23.3 Å². The van der Waals surface area contributed by atoms with Crippen LogP contribution in [0.1, 0.15) is 47.7 Å². The number of nitriles is 1. The van der Waals surface area contributed by atoms with Crippen molar-refractivity contribution in [3.8, 4) is 6.07 Å². The van der Waals surface area contributed by atoms with Gasteiger partial charge in [-0.1, -0.05) is 25.1 Å². The first-order valence-corrected chi connectivity index (χ1v) is 9.30. The maximum atomic E-state index is 13.0. The van der Waals surface area contributed by atoms with Crippen molar-refractivity contribution in [3.05, 3.63) is 65.2 Å². The molecule has 0 atom stereocenters. The summed E-state index contributed by atoms with van der Waals surface area (Å²) in [7, 11) is 0. The number of benzene rings is 2. The number of hydrogen-bond acceptors (Lipinski definition) is 3. The molecule has 1 aliphatic rings. The highest BCUT2D eigenvalue weighted by Gasteiger charge is 2.29. The van der Waals surface area contributed by atoms with Crippen molar-refractivity contribution in [2.45, 2.75) is 32.7 Å². The number of nitrogens with one attached hydrogen (secondary N) is 1. The monoisotopic (exact) mass is 361 g/mol. The third-order valence-corrected chi connectivity index (χ3v) is 4.56. The Balaban J connectivity index is 1.73. The number of carbonyl (C=O) groups is 2. The molecule has 0 aliphatic heterocycles. The van der Waals surface area contributed by atoms with Gasteiger partial charge < -0.3 is 10.2 Å². The number of hydrogen-bond donors (Lipinski definition) is 1. The van der Waals surface area contributed by atoms with Gasteiger partial charge in [-0.25, -0.2) is 0 Å². The van der Waals surface area contributed by atoms with Gasteiger partial charge in [0.1, 0.15) is 0 Å². The molecule has 138 valence electrons. The average Bonchev–Trinajstić information content (AvgIpc) is 3.53. The van der Waals surface area contributed by atoms with E-state index in [4.69, 9.17) is 5.26 Å². The Kier molecular flexibility index (Phi) is 5.87. The highest BCUT2D eigenvalue weighted by atomic mass is 16.2. The minimum Gasteiger partial charge on any atom is -0.334 e. The lowest BCUT2D eigenvalue weighted by Gasteiger charge is -2.23. The van der Waals surface area contributed by atoms with Crippen LogP contribution in [0.4, 0.5) is 5.69 Å². The highest BCUT2D eigenvalue weighted by Crippen LogP contribution is 2.30. The van der Waals surface area contributed by atoms with Crippen LogP contribution < -0.4 is 5.32 Å². The summed E-state index contributed by atoms with van der Waals surface area (Å²) in [5.41, 5.74) is 2.80. The van der Waals surface area contributed by atoms with E-state index in [1.54, 1.807) is 35.2 Å². The molecule has 0 radical (unpaired) electrons. The summed E-state index contributed by atoms with van der Waals surface area (Å²) in [6.45, 7) is 3.15. The summed E-state index contributed by atoms with van der Waals surface area (Å²) in [6, 6.07) is 16.5. The van der Waals surface area contributed by atoms with E-state index in [0.717, 1.165) is 24.8 Å². The van der Waals surface area contributed by atoms with Gasteiger partial charge in [0.25, 0.3) is 5.91 Å². The molecule has 0 bridgehead atoms. The van der Waals surface area contributed by atoms with Crippen molar-refractivity contribution in [1.29, 1.82) is 5.26 Å². The molecule has 2 aromatic rings. The van der Waals surface area contributed by atoms with Crippen molar-refractivity contribution < 1.29 is 9.59 Å². The maximum Gasteiger partial charge on any atom is 0.254 e. The number of carbonyl (C=O) groups excluding carboxylic acids is 2. The number of amides is 2. The molecule has 27 heavy (non-hydrogen) atoms. The topological polar surface area (TPSA) is 73.2 Å². The lowest BCUT2D eigenvalue weighted by Crippen LogP contribution is -2.31. The molecule has 0 saturated heterocycles. The standard InChI is InChI=1S/C22H23N3O2/c1-2-12-25(15-17-8-6-16(14-23)7-9-17)22(27)19-4-3-5-20(13-19)24-21(26)18-10-11-18/h3-9,13,18H,2,10-12,15H2,1H3,(H,24,26). The third kappa shape index (κ3) is 4.95. The summed E-state index contributed by atoms with van der Waals surface area (Å²) >= 11 is 0. The number of nitrogens with zero attached hydrogens (tertiary/aromatic N) is 2. The molecule has 5 heteroatoms. The van der Waals surface area contributed by atoms with Crippen LogP contribution in [0.5, 0.6) is 0 Å². The minimum atomic E-state index is -0.0660. The van der Waals surface area contributed by atoms with Crippen molar-refractivity contribution >= 4 is 17.5 Å². The molecule has 2 amide bonds. The van der Waals surface area contributed by atoms with E-state index in [9.17, 15) is 9.59 Å². The lowest BCUT2D eigenvalue weighted by molar-refractivity contribution is -0.117. The summed E-state index contributed by atoms with van der Waals surface area (Å²) in [4.78, 5) is 26.8. The first-order chi connectivity index (χ1) is 13.1. The van der Waals surface area contributed by atoms with Gasteiger partial charge in [-0.05, 0) is 55.2 Å². The zero-order chi connectivity index (χ0) is 19.2. The molecule has 2 aromatic carbocycles. The Bertz CT molecular complexity index is 864. The summed E-state index contributed by atoms with van der Waals surface area (Å²) in [5, 5.41) is 11.8. The maximum absolute atomic E-state index is 13.0. The Morgan fingerprint density at radius 2 is 1.93 bits per heavy atom. The molecule has 0 unspecified atom stereocenters. The fourth-order valence-corrected chi connectivity index (χ4v) is 2.93. The van der Waals surface area contributed by atoms with Crippen LogP contribution in [0.25, 0.3) is 0 Å². The molecule has 1 N–H and O–H groups in total. The van der Waals surface area contributed by atoms with E-state index >= 15 is 0 Å². The van der Waals surface area contributed by atoms with Gasteiger partial charge >= 0.3 is 0 Å². The van der Waals surface area contributed by atoms with E-state index in [2.05, 4.69) is 11.4 Å². The van der Waals surface area contributed by atoms with E-state index < -0.39 is 0 Å². The van der Waals surface area contributed by atoms with Crippen molar-refractivity contribution in [3.63, 3.8) is 0 Å². The Hall–Kier alpha value is -3.13. The Labute approximate surface area is 159 Å². The van der Waals surface area contributed by atoms with E-state index in [1.165, 1.54) is 0 Å². The lowest BCUT2D eigenvalue weighted by atomic mass is 10.1. The zero-order valence-corrected chi connectivity index (χ0v) is 15.4. The number of anilines is 1. The number of rotatable bonds is 7. The first kappa shape index (κ1) is 18.7. The minimum absolute atomic E-state index is 0.0302.